The molecule has 1 aromatic rings. The second-order valence-corrected chi connectivity index (χ2v) is 10.9. The lowest BCUT2D eigenvalue weighted by Crippen LogP contribution is -2.53. The van der Waals surface area contributed by atoms with Gasteiger partial charge in [-0.15, -0.1) is 0 Å². The molecule has 10 heteroatoms. The van der Waals surface area contributed by atoms with Crippen molar-refractivity contribution in [2.45, 2.75) is 44.8 Å². The minimum absolute atomic E-state index is 0.0451. The van der Waals surface area contributed by atoms with Crippen molar-refractivity contribution in [1.29, 1.82) is 0 Å². The van der Waals surface area contributed by atoms with Crippen LogP contribution in [0.1, 0.15) is 37.0 Å². The van der Waals surface area contributed by atoms with Crippen LogP contribution in [0.5, 0.6) is 0 Å². The second-order valence-electron chi connectivity index (χ2n) is 10.9. The zero-order valence-corrected chi connectivity index (χ0v) is 22.4. The van der Waals surface area contributed by atoms with E-state index in [9.17, 15) is 19.2 Å². The Morgan fingerprint density at radius 1 is 1.05 bits per heavy atom. The molecule has 3 saturated heterocycles. The Balaban J connectivity index is 1.43. The third-order valence-electron chi connectivity index (χ3n) is 7.55. The number of amides is 3. The van der Waals surface area contributed by atoms with Crippen LogP contribution < -0.4 is 15.5 Å². The highest BCUT2D eigenvalue weighted by Gasteiger charge is 2.52. The lowest BCUT2D eigenvalue weighted by molar-refractivity contribution is -0.138. The standard InChI is InChI=1S/C27H40N6O4/c1-18(2)15-21(29-26(36)19-5-7-20(8-6-19)30(3)4)27(37)32-12-9-22-25(32)23(34)16-33(22)24(35)17-31-13-10-28-11-14-31/h5-8,18,21-22,25,28H,9-17H2,1-4H3,(H,29,36)/t21-,22?,25?/m0/s1. The summed E-state index contributed by atoms with van der Waals surface area (Å²) in [6, 6.07) is 5.56. The van der Waals surface area contributed by atoms with Crippen molar-refractivity contribution in [2.75, 3.05) is 64.8 Å². The first kappa shape index (κ1) is 27.1. The fourth-order valence-corrected chi connectivity index (χ4v) is 5.59. The van der Waals surface area contributed by atoms with Gasteiger partial charge in [-0.25, -0.2) is 0 Å². The predicted octanol–water partition coefficient (Wildman–Crippen LogP) is 0.183. The number of likely N-dealkylation sites (tertiary alicyclic amines) is 2. The van der Waals surface area contributed by atoms with Gasteiger partial charge in [0.2, 0.25) is 11.8 Å². The van der Waals surface area contributed by atoms with E-state index in [1.165, 1.54) is 0 Å². The summed E-state index contributed by atoms with van der Waals surface area (Å²) in [6.07, 6.45) is 1.04. The molecule has 10 nitrogen and oxygen atoms in total. The van der Waals surface area contributed by atoms with E-state index in [4.69, 9.17) is 0 Å². The van der Waals surface area contributed by atoms with Crippen LogP contribution in [0.2, 0.25) is 0 Å². The topological polar surface area (TPSA) is 105 Å². The zero-order chi connectivity index (χ0) is 26.7. The van der Waals surface area contributed by atoms with Crippen molar-refractivity contribution in [3.05, 3.63) is 29.8 Å². The van der Waals surface area contributed by atoms with E-state index in [2.05, 4.69) is 15.5 Å². The van der Waals surface area contributed by atoms with Gasteiger partial charge in [-0.2, -0.15) is 0 Å². The second kappa shape index (κ2) is 11.6. The number of benzene rings is 1. The van der Waals surface area contributed by atoms with Gasteiger partial charge in [-0.1, -0.05) is 13.8 Å². The zero-order valence-electron chi connectivity index (χ0n) is 22.4. The van der Waals surface area contributed by atoms with Crippen molar-refractivity contribution in [3.8, 4) is 0 Å². The molecule has 0 saturated carbocycles. The highest BCUT2D eigenvalue weighted by atomic mass is 16.2. The summed E-state index contributed by atoms with van der Waals surface area (Å²) < 4.78 is 0. The molecule has 2 N–H and O–H groups in total. The van der Waals surface area contributed by atoms with Crippen LogP contribution in [-0.4, -0.2) is 116 Å². The van der Waals surface area contributed by atoms with E-state index in [0.29, 0.717) is 31.5 Å². The van der Waals surface area contributed by atoms with E-state index in [1.807, 2.05) is 45.0 Å². The van der Waals surface area contributed by atoms with Gasteiger partial charge in [0, 0.05) is 58.1 Å². The van der Waals surface area contributed by atoms with Gasteiger partial charge >= 0.3 is 0 Å². The fraction of sp³-hybridized carbons (Fsp3) is 0.630. The molecule has 3 amide bonds. The highest BCUT2D eigenvalue weighted by molar-refractivity contribution is 6.01. The molecule has 3 aliphatic rings. The van der Waals surface area contributed by atoms with E-state index in [1.54, 1.807) is 21.9 Å². The number of Topliss-reactive ketones (excluding diaryl/α,β-unsaturated/α-hetero) is 1. The maximum Gasteiger partial charge on any atom is 0.251 e. The first-order valence-electron chi connectivity index (χ1n) is 13.3. The van der Waals surface area contributed by atoms with Crippen LogP contribution in [0.4, 0.5) is 5.69 Å². The number of hydrogen-bond donors (Lipinski definition) is 2. The number of hydrogen-bond acceptors (Lipinski definition) is 7. The first-order chi connectivity index (χ1) is 17.7. The molecular formula is C27H40N6O4. The number of carbonyl (C=O) groups excluding carboxylic acids is 4. The molecule has 3 atom stereocenters. The molecule has 0 radical (unpaired) electrons. The number of nitrogens with one attached hydrogen (secondary N) is 2. The Labute approximate surface area is 219 Å². The molecule has 3 heterocycles. The van der Waals surface area contributed by atoms with Crippen LogP contribution in [-0.2, 0) is 14.4 Å². The van der Waals surface area contributed by atoms with E-state index < -0.39 is 12.1 Å². The van der Waals surface area contributed by atoms with Crippen LogP contribution >= 0.6 is 0 Å². The molecule has 37 heavy (non-hydrogen) atoms. The van der Waals surface area contributed by atoms with Gasteiger partial charge in [-0.05, 0) is 43.0 Å². The van der Waals surface area contributed by atoms with Gasteiger partial charge in [0.15, 0.2) is 5.78 Å². The molecule has 3 fully saturated rings. The lowest BCUT2D eigenvalue weighted by Gasteiger charge is -2.30. The maximum absolute atomic E-state index is 13.7. The number of nitrogens with zero attached hydrogens (tertiary/aromatic N) is 4. The summed E-state index contributed by atoms with van der Waals surface area (Å²) >= 11 is 0. The maximum atomic E-state index is 13.7. The van der Waals surface area contributed by atoms with Crippen molar-refractivity contribution < 1.29 is 19.2 Å². The smallest absolute Gasteiger partial charge is 0.251 e. The van der Waals surface area contributed by atoms with Gasteiger partial charge in [0.05, 0.1) is 19.1 Å². The van der Waals surface area contributed by atoms with Gasteiger partial charge in [-0.3, -0.25) is 24.1 Å². The van der Waals surface area contributed by atoms with Crippen LogP contribution in [0, 0.1) is 5.92 Å². The third kappa shape index (κ3) is 6.13. The quantitative estimate of drug-likeness (QED) is 0.512. The fourth-order valence-electron chi connectivity index (χ4n) is 5.59. The monoisotopic (exact) mass is 512 g/mol. The SMILES string of the molecule is CC(C)C[C@H](NC(=O)c1ccc(N(C)C)cc1)C(=O)N1CCC2C1C(=O)CN2C(=O)CN1CCNCC1. The van der Waals surface area contributed by atoms with Crippen LogP contribution in [0.25, 0.3) is 0 Å². The third-order valence-corrected chi connectivity index (χ3v) is 7.55. The Morgan fingerprint density at radius 3 is 2.35 bits per heavy atom. The number of carbonyl (C=O) groups is 4. The number of anilines is 1. The Kier molecular flexibility index (Phi) is 8.49. The molecule has 3 aliphatic heterocycles. The number of rotatable bonds is 8. The van der Waals surface area contributed by atoms with E-state index in [0.717, 1.165) is 31.9 Å². The molecule has 0 aliphatic carbocycles. The molecule has 202 valence electrons. The molecule has 2 unspecified atom stereocenters. The molecular weight excluding hydrogens is 472 g/mol. The van der Waals surface area contributed by atoms with Gasteiger partial charge < -0.3 is 25.3 Å². The summed E-state index contributed by atoms with van der Waals surface area (Å²) in [5, 5.41) is 6.20. The minimum atomic E-state index is -0.738. The highest BCUT2D eigenvalue weighted by Crippen LogP contribution is 2.31. The Morgan fingerprint density at radius 2 is 1.73 bits per heavy atom. The summed E-state index contributed by atoms with van der Waals surface area (Å²) in [5.74, 6) is -0.543. The molecule has 4 rings (SSSR count). The predicted molar refractivity (Wildman–Crippen MR) is 141 cm³/mol. The molecule has 0 bridgehead atoms. The molecule has 0 aromatic heterocycles. The van der Waals surface area contributed by atoms with Crippen molar-refractivity contribution in [3.63, 3.8) is 0 Å². The average molecular weight is 513 g/mol. The lowest BCUT2D eigenvalue weighted by atomic mass is 10.0. The number of piperazine rings is 1. The Hall–Kier alpha value is -2.98. The summed E-state index contributed by atoms with van der Waals surface area (Å²) in [6.45, 7) is 8.06. The summed E-state index contributed by atoms with van der Waals surface area (Å²) in [7, 11) is 3.86. The van der Waals surface area contributed by atoms with Crippen molar-refractivity contribution >= 4 is 29.2 Å². The van der Waals surface area contributed by atoms with E-state index >= 15 is 0 Å². The van der Waals surface area contributed by atoms with Crippen molar-refractivity contribution in [1.82, 2.24) is 25.3 Å². The minimum Gasteiger partial charge on any atom is -0.378 e. The first-order valence-corrected chi connectivity index (χ1v) is 13.3. The van der Waals surface area contributed by atoms with Crippen LogP contribution in [0.3, 0.4) is 0 Å². The van der Waals surface area contributed by atoms with Crippen LogP contribution in [0.15, 0.2) is 24.3 Å². The normalized spacial score (nSPS) is 22.8. The largest absolute Gasteiger partial charge is 0.378 e. The Bertz CT molecular complexity index is 1000. The number of ketones is 1. The molecule has 1 aromatic carbocycles. The van der Waals surface area contributed by atoms with Crippen molar-refractivity contribution in [2.24, 2.45) is 5.92 Å². The number of fused-ring (bicyclic) bond motifs is 1. The summed E-state index contributed by atoms with van der Waals surface area (Å²) in [5.41, 5.74) is 1.46. The summed E-state index contributed by atoms with van der Waals surface area (Å²) in [4.78, 5) is 60.2. The molecule has 0 spiro atoms. The average Bonchev–Trinajstić information content (AvgIpc) is 3.45. The van der Waals surface area contributed by atoms with E-state index in [-0.39, 0.29) is 42.0 Å². The van der Waals surface area contributed by atoms with Gasteiger partial charge in [0.25, 0.3) is 5.91 Å². The van der Waals surface area contributed by atoms with Gasteiger partial charge in [0.1, 0.15) is 12.1 Å².